The first-order chi connectivity index (χ1) is 13.2. The Morgan fingerprint density at radius 1 is 0.815 bits per heavy atom. The van der Waals surface area contributed by atoms with Crippen LogP contribution in [0.2, 0.25) is 0 Å². The van der Waals surface area contributed by atoms with Crippen molar-refractivity contribution in [2.45, 2.75) is 147 Å². The standard InChI is InChI=1S/C24H46O2S/c1-2-3-4-12-17-22(25)18-13-9-7-5-6-8-10-16-21-24(26)27-23-19-14-11-15-20-23/h22-23,25H,2-21H2,1H3. The van der Waals surface area contributed by atoms with Gasteiger partial charge in [-0.05, 0) is 32.1 Å². The van der Waals surface area contributed by atoms with E-state index in [1.807, 2.05) is 0 Å². The third-order valence-corrected chi connectivity index (χ3v) is 7.18. The van der Waals surface area contributed by atoms with Crippen LogP contribution < -0.4 is 0 Å². The molecule has 27 heavy (non-hydrogen) atoms. The summed E-state index contributed by atoms with van der Waals surface area (Å²) in [5, 5.41) is 11.0. The molecule has 1 aliphatic carbocycles. The van der Waals surface area contributed by atoms with Crippen LogP contribution >= 0.6 is 11.8 Å². The Labute approximate surface area is 173 Å². The second kappa shape index (κ2) is 18.0. The van der Waals surface area contributed by atoms with Gasteiger partial charge < -0.3 is 5.11 Å². The van der Waals surface area contributed by atoms with Crippen LogP contribution in [-0.4, -0.2) is 21.6 Å². The Kier molecular flexibility index (Phi) is 16.7. The fourth-order valence-corrected chi connectivity index (χ4v) is 5.29. The maximum Gasteiger partial charge on any atom is 0.189 e. The molecule has 0 aromatic carbocycles. The van der Waals surface area contributed by atoms with E-state index in [2.05, 4.69) is 6.92 Å². The number of aliphatic hydroxyl groups is 1. The van der Waals surface area contributed by atoms with Crippen molar-refractivity contribution in [3.8, 4) is 0 Å². The minimum atomic E-state index is -0.0640. The Morgan fingerprint density at radius 2 is 1.33 bits per heavy atom. The van der Waals surface area contributed by atoms with Crippen LogP contribution in [-0.2, 0) is 4.79 Å². The van der Waals surface area contributed by atoms with Gasteiger partial charge in [0.2, 0.25) is 0 Å². The van der Waals surface area contributed by atoms with Crippen molar-refractivity contribution >= 4 is 16.9 Å². The maximum absolute atomic E-state index is 12.0. The molecule has 1 saturated carbocycles. The lowest BCUT2D eigenvalue weighted by molar-refractivity contribution is -0.111. The van der Waals surface area contributed by atoms with Gasteiger partial charge in [-0.1, -0.05) is 109 Å². The number of thioether (sulfide) groups is 1. The lowest BCUT2D eigenvalue weighted by atomic mass is 10.0. The summed E-state index contributed by atoms with van der Waals surface area (Å²) in [7, 11) is 0. The molecule has 160 valence electrons. The molecule has 0 aromatic heterocycles. The third-order valence-electron chi connectivity index (χ3n) is 5.91. The molecule has 1 N–H and O–H groups in total. The highest BCUT2D eigenvalue weighted by Crippen LogP contribution is 2.29. The average Bonchev–Trinajstić information content (AvgIpc) is 2.67. The average molecular weight is 399 g/mol. The fraction of sp³-hybridized carbons (Fsp3) is 0.958. The second-order valence-corrected chi connectivity index (χ2v) is 9.98. The molecule has 2 nitrogen and oxygen atoms in total. The highest BCUT2D eigenvalue weighted by Gasteiger charge is 2.17. The Balaban J connectivity index is 1.79. The van der Waals surface area contributed by atoms with Gasteiger partial charge in [-0.2, -0.15) is 0 Å². The molecule has 0 heterocycles. The zero-order valence-electron chi connectivity index (χ0n) is 18.1. The minimum Gasteiger partial charge on any atom is -0.393 e. The van der Waals surface area contributed by atoms with Crippen molar-refractivity contribution in [1.82, 2.24) is 0 Å². The summed E-state index contributed by atoms with van der Waals surface area (Å²) >= 11 is 1.65. The van der Waals surface area contributed by atoms with E-state index in [4.69, 9.17) is 0 Å². The van der Waals surface area contributed by atoms with Gasteiger partial charge in [-0.15, -0.1) is 0 Å². The van der Waals surface area contributed by atoms with Crippen molar-refractivity contribution in [1.29, 1.82) is 0 Å². The van der Waals surface area contributed by atoms with Crippen molar-refractivity contribution in [3.05, 3.63) is 0 Å². The lowest BCUT2D eigenvalue weighted by Gasteiger charge is -2.19. The summed E-state index contributed by atoms with van der Waals surface area (Å²) in [4.78, 5) is 12.0. The Hall–Kier alpha value is -0.0200. The predicted molar refractivity (Wildman–Crippen MR) is 120 cm³/mol. The molecular formula is C24H46O2S. The van der Waals surface area contributed by atoms with Crippen LogP contribution in [0.1, 0.15) is 135 Å². The number of carbonyl (C=O) groups excluding carboxylic acids is 1. The summed E-state index contributed by atoms with van der Waals surface area (Å²) < 4.78 is 0. The number of rotatable bonds is 17. The van der Waals surface area contributed by atoms with Crippen LogP contribution in [0.15, 0.2) is 0 Å². The summed E-state index contributed by atoms with van der Waals surface area (Å²) in [5.41, 5.74) is 0. The quantitative estimate of drug-likeness (QED) is 0.254. The van der Waals surface area contributed by atoms with E-state index in [1.165, 1.54) is 103 Å². The van der Waals surface area contributed by atoms with Crippen LogP contribution in [0.4, 0.5) is 0 Å². The first-order valence-corrected chi connectivity index (χ1v) is 13.0. The molecule has 0 aliphatic heterocycles. The smallest absolute Gasteiger partial charge is 0.189 e. The Bertz CT molecular complexity index is 339. The van der Waals surface area contributed by atoms with Gasteiger partial charge in [0.1, 0.15) is 0 Å². The molecule has 0 bridgehead atoms. The molecule has 1 unspecified atom stereocenters. The number of unbranched alkanes of at least 4 members (excludes halogenated alkanes) is 10. The van der Waals surface area contributed by atoms with Crippen LogP contribution in [0, 0.1) is 0 Å². The van der Waals surface area contributed by atoms with Crippen molar-refractivity contribution < 1.29 is 9.90 Å². The number of hydrogen-bond donors (Lipinski definition) is 1. The van der Waals surface area contributed by atoms with Gasteiger partial charge in [-0.25, -0.2) is 0 Å². The molecular weight excluding hydrogens is 352 g/mol. The van der Waals surface area contributed by atoms with Crippen LogP contribution in [0.25, 0.3) is 0 Å². The second-order valence-electron chi connectivity index (χ2n) is 8.62. The molecule has 0 saturated heterocycles. The molecule has 0 spiro atoms. The molecule has 1 aliphatic rings. The highest BCUT2D eigenvalue weighted by atomic mass is 32.2. The number of aliphatic hydroxyl groups excluding tert-OH is 1. The minimum absolute atomic E-state index is 0.0640. The van der Waals surface area contributed by atoms with Gasteiger partial charge in [-0.3, -0.25) is 4.79 Å². The van der Waals surface area contributed by atoms with Gasteiger partial charge in [0, 0.05) is 11.7 Å². The number of hydrogen-bond acceptors (Lipinski definition) is 3. The SMILES string of the molecule is CCCCCCC(O)CCCCCCCCCCC(=O)SC1CCCCC1. The zero-order chi connectivity index (χ0) is 19.6. The lowest BCUT2D eigenvalue weighted by Crippen LogP contribution is -2.11. The molecule has 0 radical (unpaired) electrons. The molecule has 0 amide bonds. The maximum atomic E-state index is 12.0. The Morgan fingerprint density at radius 3 is 1.93 bits per heavy atom. The van der Waals surface area contributed by atoms with E-state index in [0.717, 1.165) is 25.7 Å². The van der Waals surface area contributed by atoms with Crippen molar-refractivity contribution in [2.75, 3.05) is 0 Å². The molecule has 1 atom stereocenters. The summed E-state index contributed by atoms with van der Waals surface area (Å²) in [6, 6.07) is 0. The third kappa shape index (κ3) is 15.6. The monoisotopic (exact) mass is 398 g/mol. The van der Waals surface area contributed by atoms with Crippen molar-refractivity contribution in [3.63, 3.8) is 0 Å². The normalized spacial score (nSPS) is 16.5. The van der Waals surface area contributed by atoms with Crippen LogP contribution in [0.5, 0.6) is 0 Å². The molecule has 0 aromatic rings. The van der Waals surface area contributed by atoms with Gasteiger partial charge in [0.15, 0.2) is 5.12 Å². The molecule has 1 fully saturated rings. The fourth-order valence-electron chi connectivity index (χ4n) is 4.09. The van der Waals surface area contributed by atoms with E-state index in [-0.39, 0.29) is 6.10 Å². The first kappa shape index (κ1) is 25.0. The van der Waals surface area contributed by atoms with Gasteiger partial charge >= 0.3 is 0 Å². The number of carbonyl (C=O) groups is 1. The van der Waals surface area contributed by atoms with E-state index < -0.39 is 0 Å². The zero-order valence-corrected chi connectivity index (χ0v) is 18.9. The topological polar surface area (TPSA) is 37.3 Å². The predicted octanol–water partition coefficient (Wildman–Crippen LogP) is 7.81. The largest absolute Gasteiger partial charge is 0.393 e. The molecule has 3 heteroatoms. The van der Waals surface area contributed by atoms with Gasteiger partial charge in [0.25, 0.3) is 0 Å². The molecule has 1 rings (SSSR count). The summed E-state index contributed by atoms with van der Waals surface area (Å²) in [5.74, 6) is 0. The summed E-state index contributed by atoms with van der Waals surface area (Å²) in [6.07, 6.45) is 24.2. The van der Waals surface area contributed by atoms with E-state index in [0.29, 0.717) is 10.4 Å². The van der Waals surface area contributed by atoms with E-state index >= 15 is 0 Å². The van der Waals surface area contributed by atoms with Crippen LogP contribution in [0.3, 0.4) is 0 Å². The first-order valence-electron chi connectivity index (χ1n) is 12.1. The highest BCUT2D eigenvalue weighted by molar-refractivity contribution is 8.14. The van der Waals surface area contributed by atoms with E-state index in [9.17, 15) is 9.90 Å². The van der Waals surface area contributed by atoms with E-state index in [1.54, 1.807) is 11.8 Å². The van der Waals surface area contributed by atoms with Gasteiger partial charge in [0.05, 0.1) is 6.10 Å². The van der Waals surface area contributed by atoms with Crippen molar-refractivity contribution in [2.24, 2.45) is 0 Å². The summed E-state index contributed by atoms with van der Waals surface area (Å²) in [6.45, 7) is 2.23.